The van der Waals surface area contributed by atoms with E-state index in [1.54, 1.807) is 15.2 Å². The molecule has 1 aliphatic heterocycles. The molecule has 0 radical (unpaired) electrons. The molecule has 0 bridgehead atoms. The topological polar surface area (TPSA) is 84.7 Å². The van der Waals surface area contributed by atoms with Gasteiger partial charge in [0.15, 0.2) is 0 Å². The third-order valence-corrected chi connectivity index (χ3v) is 8.96. The van der Waals surface area contributed by atoms with Crippen molar-refractivity contribution < 1.29 is 13.2 Å². The molecule has 0 spiro atoms. The lowest BCUT2D eigenvalue weighted by molar-refractivity contribution is 0.201. The minimum absolute atomic E-state index is 0.0832. The molecule has 3 aliphatic rings. The van der Waals surface area contributed by atoms with Crippen molar-refractivity contribution in [3.8, 4) is 5.75 Å². The number of sulfonamides is 1. The quantitative estimate of drug-likeness (QED) is 0.632. The number of piperazine rings is 1. The van der Waals surface area contributed by atoms with Crippen LogP contribution < -0.4 is 15.2 Å². The Morgan fingerprint density at radius 1 is 1.00 bits per heavy atom. The molecule has 2 heterocycles. The summed E-state index contributed by atoms with van der Waals surface area (Å²) in [6, 6.07) is 0.150. The zero-order valence-corrected chi connectivity index (χ0v) is 19.5. The first-order valence-electron chi connectivity index (χ1n) is 12.0. The number of anilines is 1. The molecule has 0 amide bonds. The summed E-state index contributed by atoms with van der Waals surface area (Å²) < 4.78 is 34.4. The van der Waals surface area contributed by atoms with E-state index in [-0.39, 0.29) is 23.5 Å². The summed E-state index contributed by atoms with van der Waals surface area (Å²) in [5.74, 6) is 0.597. The van der Waals surface area contributed by atoms with E-state index in [1.807, 2.05) is 6.92 Å². The van der Waals surface area contributed by atoms with E-state index in [4.69, 9.17) is 4.74 Å². The lowest BCUT2D eigenvalue weighted by Gasteiger charge is -2.36. The van der Waals surface area contributed by atoms with Gasteiger partial charge in [0.2, 0.25) is 15.8 Å². The highest BCUT2D eigenvalue weighted by atomic mass is 32.2. The molecule has 2 aliphatic carbocycles. The molecular weight excluding hydrogens is 416 g/mol. The summed E-state index contributed by atoms with van der Waals surface area (Å²) in [6.45, 7) is 3.82. The van der Waals surface area contributed by atoms with E-state index in [9.17, 15) is 13.2 Å². The molecular formula is C22H36N4O4S. The summed E-state index contributed by atoms with van der Waals surface area (Å²) >= 11 is 0. The molecule has 31 heavy (non-hydrogen) atoms. The van der Waals surface area contributed by atoms with Gasteiger partial charge in [-0.2, -0.15) is 9.40 Å². The molecule has 0 aromatic carbocycles. The van der Waals surface area contributed by atoms with Crippen LogP contribution in [0.2, 0.25) is 0 Å². The molecule has 8 nitrogen and oxygen atoms in total. The smallest absolute Gasteiger partial charge is 0.311 e. The van der Waals surface area contributed by atoms with Gasteiger partial charge in [0, 0.05) is 26.2 Å². The van der Waals surface area contributed by atoms with Crippen molar-refractivity contribution in [1.29, 1.82) is 0 Å². The monoisotopic (exact) mass is 452 g/mol. The van der Waals surface area contributed by atoms with E-state index in [0.717, 1.165) is 57.1 Å². The maximum absolute atomic E-state index is 13.5. The Labute approximate surface area is 185 Å². The maximum Gasteiger partial charge on any atom is 0.311 e. The molecule has 0 N–H and O–H groups in total. The minimum atomic E-state index is -3.20. The standard InChI is InChI=1S/C22H36N4O4S/c1-2-16-31(28,29)25-14-12-24(13-15-25)20-17-23-26(18-8-4-3-5-9-18)22(27)21(20)30-19-10-6-7-11-19/h17-19H,2-16H2,1H3. The third-order valence-electron chi connectivity index (χ3n) is 6.88. The molecule has 1 aromatic heterocycles. The first-order chi connectivity index (χ1) is 15.0. The van der Waals surface area contributed by atoms with Crippen LogP contribution >= 0.6 is 0 Å². The first-order valence-corrected chi connectivity index (χ1v) is 13.6. The van der Waals surface area contributed by atoms with E-state index < -0.39 is 10.0 Å². The number of ether oxygens (including phenoxy) is 1. The average Bonchev–Trinajstić information content (AvgIpc) is 3.29. The molecule has 9 heteroatoms. The molecule has 1 saturated heterocycles. The first kappa shape index (κ1) is 22.6. The molecule has 174 valence electrons. The molecule has 3 fully saturated rings. The number of hydrogen-bond donors (Lipinski definition) is 0. The highest BCUT2D eigenvalue weighted by molar-refractivity contribution is 7.89. The van der Waals surface area contributed by atoms with Crippen LogP contribution in [0.5, 0.6) is 5.75 Å². The molecule has 0 atom stereocenters. The van der Waals surface area contributed by atoms with Crippen LogP contribution in [0.4, 0.5) is 5.69 Å². The maximum atomic E-state index is 13.5. The highest BCUT2D eigenvalue weighted by Gasteiger charge is 2.30. The second-order valence-electron chi connectivity index (χ2n) is 9.13. The van der Waals surface area contributed by atoms with Gasteiger partial charge in [-0.15, -0.1) is 0 Å². The van der Waals surface area contributed by atoms with E-state index >= 15 is 0 Å². The van der Waals surface area contributed by atoms with Crippen LogP contribution in [0, 0.1) is 0 Å². The molecule has 0 unspecified atom stereocenters. The van der Waals surface area contributed by atoms with Gasteiger partial charge in [-0.3, -0.25) is 4.79 Å². The summed E-state index contributed by atoms with van der Waals surface area (Å²) in [4.78, 5) is 15.5. The fraction of sp³-hybridized carbons (Fsp3) is 0.818. The van der Waals surface area contributed by atoms with Gasteiger partial charge in [-0.05, 0) is 44.9 Å². The van der Waals surface area contributed by atoms with Gasteiger partial charge >= 0.3 is 5.56 Å². The van der Waals surface area contributed by atoms with Gasteiger partial charge in [-0.25, -0.2) is 13.1 Å². The van der Waals surface area contributed by atoms with Crippen molar-refractivity contribution >= 4 is 15.7 Å². The highest BCUT2D eigenvalue weighted by Crippen LogP contribution is 2.32. The van der Waals surface area contributed by atoms with Gasteiger partial charge in [0.25, 0.3) is 0 Å². The second-order valence-corrected chi connectivity index (χ2v) is 11.2. The normalized spacial score (nSPS) is 22.2. The van der Waals surface area contributed by atoms with Gasteiger partial charge < -0.3 is 9.64 Å². The summed E-state index contributed by atoms with van der Waals surface area (Å²) in [5.41, 5.74) is 0.592. The average molecular weight is 453 g/mol. The number of rotatable bonds is 7. The van der Waals surface area contributed by atoms with Crippen LogP contribution in [-0.2, 0) is 10.0 Å². The zero-order valence-electron chi connectivity index (χ0n) is 18.7. The minimum Gasteiger partial charge on any atom is -0.483 e. The number of nitrogens with zero attached hydrogens (tertiary/aromatic N) is 4. The van der Waals surface area contributed by atoms with E-state index in [2.05, 4.69) is 10.00 Å². The molecule has 2 saturated carbocycles. The van der Waals surface area contributed by atoms with E-state index in [1.165, 1.54) is 6.42 Å². The molecule has 4 rings (SSSR count). The second kappa shape index (κ2) is 9.90. The van der Waals surface area contributed by atoms with Crippen LogP contribution in [-0.4, -0.2) is 60.5 Å². The Bertz CT molecular complexity index is 897. The van der Waals surface area contributed by atoms with Crippen molar-refractivity contribution in [3.63, 3.8) is 0 Å². The Balaban J connectivity index is 1.58. The van der Waals surface area contributed by atoms with Crippen molar-refractivity contribution in [2.45, 2.75) is 83.3 Å². The van der Waals surface area contributed by atoms with Gasteiger partial charge in [-0.1, -0.05) is 26.2 Å². The van der Waals surface area contributed by atoms with Crippen LogP contribution in [0.25, 0.3) is 0 Å². The van der Waals surface area contributed by atoms with Crippen LogP contribution in [0.1, 0.15) is 77.2 Å². The predicted octanol–water partition coefficient (Wildman–Crippen LogP) is 2.93. The third kappa shape index (κ3) is 5.08. The Morgan fingerprint density at radius 2 is 1.65 bits per heavy atom. The summed E-state index contributed by atoms with van der Waals surface area (Å²) in [5, 5.41) is 4.56. The van der Waals surface area contributed by atoms with Crippen molar-refractivity contribution in [2.24, 2.45) is 0 Å². The van der Waals surface area contributed by atoms with E-state index in [0.29, 0.717) is 38.3 Å². The fourth-order valence-electron chi connectivity index (χ4n) is 5.13. The van der Waals surface area contributed by atoms with Crippen LogP contribution in [0.3, 0.4) is 0 Å². The predicted molar refractivity (Wildman–Crippen MR) is 121 cm³/mol. The molecule has 1 aromatic rings. The van der Waals surface area contributed by atoms with Crippen molar-refractivity contribution in [1.82, 2.24) is 14.1 Å². The Kier molecular flexibility index (Phi) is 7.21. The SMILES string of the molecule is CCCS(=O)(=O)N1CCN(c2cnn(C3CCCCC3)c(=O)c2OC2CCCC2)CC1. The Morgan fingerprint density at radius 3 is 2.29 bits per heavy atom. The Hall–Kier alpha value is -1.61. The summed E-state index contributed by atoms with van der Waals surface area (Å²) in [6.07, 6.45) is 12.2. The van der Waals surface area contributed by atoms with Crippen molar-refractivity contribution in [2.75, 3.05) is 36.8 Å². The summed E-state index contributed by atoms with van der Waals surface area (Å²) in [7, 11) is -3.20. The fourth-order valence-corrected chi connectivity index (χ4v) is 6.62. The van der Waals surface area contributed by atoms with Crippen LogP contribution in [0.15, 0.2) is 11.0 Å². The lowest BCUT2D eigenvalue weighted by atomic mass is 9.96. The number of aromatic nitrogens is 2. The van der Waals surface area contributed by atoms with Gasteiger partial charge in [0.1, 0.15) is 5.69 Å². The largest absolute Gasteiger partial charge is 0.483 e. The number of hydrogen-bond acceptors (Lipinski definition) is 6. The van der Waals surface area contributed by atoms with Gasteiger partial charge in [0.05, 0.1) is 24.1 Å². The zero-order chi connectivity index (χ0) is 21.8. The van der Waals surface area contributed by atoms with Crippen molar-refractivity contribution in [3.05, 3.63) is 16.6 Å². The lowest BCUT2D eigenvalue weighted by Crippen LogP contribution is -2.49.